The molecule has 0 saturated carbocycles. The van der Waals surface area contributed by atoms with Crippen molar-refractivity contribution in [2.45, 2.75) is 4.90 Å². The molecule has 8 nitrogen and oxygen atoms in total. The minimum absolute atomic E-state index is 0. The first kappa shape index (κ1) is 19.4. The third-order valence-electron chi connectivity index (χ3n) is 1.83. The van der Waals surface area contributed by atoms with Gasteiger partial charge < -0.3 is 8.74 Å². The molecule has 0 aromatic heterocycles. The molecule has 0 bridgehead atoms. The van der Waals surface area contributed by atoms with E-state index in [1.165, 1.54) is 0 Å². The molecule has 1 rings (SSSR count). The van der Waals surface area contributed by atoms with Crippen LogP contribution in [0.4, 0.5) is 5.69 Å². The number of sulfone groups is 1. The van der Waals surface area contributed by atoms with E-state index in [4.69, 9.17) is 0 Å². The van der Waals surface area contributed by atoms with Gasteiger partial charge in [-0.15, -0.1) is 0 Å². The average Bonchev–Trinajstić information content (AvgIpc) is 2.15. The van der Waals surface area contributed by atoms with E-state index in [0.717, 1.165) is 30.7 Å². The molecule has 1 unspecified atom stereocenters. The van der Waals surface area contributed by atoms with Crippen LogP contribution < -0.4 is 27.8 Å². The number of nitrogens with one attached hydrogen (secondary N) is 1. The van der Waals surface area contributed by atoms with Crippen LogP contribution in [0.3, 0.4) is 0 Å². The van der Waals surface area contributed by atoms with E-state index in [9.17, 15) is 25.6 Å². The Morgan fingerprint density at radius 2 is 1.75 bits per heavy atom. The van der Waals surface area contributed by atoms with Crippen molar-refractivity contribution < 1.29 is 48.6 Å². The number of benzene rings is 1. The molecule has 0 amide bonds. The molecule has 1 N–H and O–H groups in total. The Hall–Kier alpha value is -0.573. The van der Waals surface area contributed by atoms with Crippen LogP contribution in [0.5, 0.6) is 5.75 Å². The summed E-state index contributed by atoms with van der Waals surface area (Å²) in [7, 11) is -7.24. The van der Waals surface area contributed by atoms with Gasteiger partial charge in [-0.1, -0.05) is 0 Å². The van der Waals surface area contributed by atoms with Crippen LogP contribution >= 0.6 is 0 Å². The summed E-state index contributed by atoms with van der Waals surface area (Å²) in [5, 5.41) is 0. The molecule has 0 aliphatic heterocycles. The molecule has 1 atom stereocenters. The molecular weight excluding hydrogens is 325 g/mol. The molecular formula is C8H10LiNO7S3. The number of rotatable bonds is 5. The Kier molecular flexibility index (Phi) is 6.73. The van der Waals surface area contributed by atoms with Crippen LogP contribution in [-0.2, 0) is 31.2 Å². The molecule has 12 heteroatoms. The Bertz CT molecular complexity index is 714. The largest absolute Gasteiger partial charge is 1.00 e. The maximum Gasteiger partial charge on any atom is 1.00 e. The summed E-state index contributed by atoms with van der Waals surface area (Å²) >= 11 is -2.97. The fourth-order valence-corrected chi connectivity index (χ4v) is 2.65. The van der Waals surface area contributed by atoms with Crippen LogP contribution in [0.1, 0.15) is 0 Å². The van der Waals surface area contributed by atoms with Crippen LogP contribution in [0.25, 0.3) is 0 Å². The molecule has 108 valence electrons. The van der Waals surface area contributed by atoms with Gasteiger partial charge in [-0.3, -0.25) is 4.72 Å². The predicted molar refractivity (Wildman–Crippen MR) is 67.6 cm³/mol. The minimum atomic E-state index is -3.66. The van der Waals surface area contributed by atoms with Gasteiger partial charge in [-0.05, 0) is 12.1 Å². The Labute approximate surface area is 131 Å². The standard InChI is InChI=1S/C8H11NO7S3.Li/c1-18(12,13)6-3-4-7(9-19(2,14)15)8(5-6)16-17(10)11;/h3-5,9H,1-2H3,(H,10,11);/q;+1/p-1. The van der Waals surface area contributed by atoms with Gasteiger partial charge in [-0.25, -0.2) is 21.0 Å². The first-order valence-electron chi connectivity index (χ1n) is 4.58. The van der Waals surface area contributed by atoms with Crippen molar-refractivity contribution in [3.8, 4) is 5.75 Å². The van der Waals surface area contributed by atoms with Gasteiger partial charge in [0.05, 0.1) is 16.8 Å². The number of anilines is 1. The van der Waals surface area contributed by atoms with Gasteiger partial charge in [0.2, 0.25) is 10.0 Å². The SMILES string of the molecule is CS(=O)(=O)Nc1ccc(S(C)(=O)=O)cc1OS(=O)[O-].[Li+]. The van der Waals surface area contributed by atoms with Crippen LogP contribution in [0.15, 0.2) is 23.1 Å². The van der Waals surface area contributed by atoms with Crippen LogP contribution in [-0.4, -0.2) is 38.1 Å². The van der Waals surface area contributed by atoms with E-state index >= 15 is 0 Å². The van der Waals surface area contributed by atoms with E-state index in [2.05, 4.69) is 4.18 Å². The molecule has 0 saturated heterocycles. The van der Waals surface area contributed by atoms with Gasteiger partial charge in [0.15, 0.2) is 15.6 Å². The Morgan fingerprint density at radius 3 is 2.15 bits per heavy atom. The Morgan fingerprint density at radius 1 is 1.20 bits per heavy atom. The van der Waals surface area contributed by atoms with E-state index in [1.807, 2.05) is 4.72 Å². The second-order valence-electron chi connectivity index (χ2n) is 3.59. The van der Waals surface area contributed by atoms with Crippen LogP contribution in [0.2, 0.25) is 0 Å². The second kappa shape index (κ2) is 6.93. The van der Waals surface area contributed by atoms with Crippen molar-refractivity contribution in [3.05, 3.63) is 18.2 Å². The smallest absolute Gasteiger partial charge is 0.740 e. The van der Waals surface area contributed by atoms with Gasteiger partial charge in [0.25, 0.3) is 0 Å². The van der Waals surface area contributed by atoms with E-state index < -0.39 is 37.0 Å². The van der Waals surface area contributed by atoms with Gasteiger partial charge >= 0.3 is 18.9 Å². The molecule has 0 fully saturated rings. The first-order chi connectivity index (χ1) is 8.49. The quantitative estimate of drug-likeness (QED) is 0.439. The van der Waals surface area contributed by atoms with Crippen molar-refractivity contribution in [2.24, 2.45) is 0 Å². The number of hydrogen-bond donors (Lipinski definition) is 1. The maximum atomic E-state index is 11.3. The van der Waals surface area contributed by atoms with E-state index in [-0.39, 0.29) is 29.4 Å². The zero-order valence-corrected chi connectivity index (χ0v) is 13.3. The molecule has 20 heavy (non-hydrogen) atoms. The summed E-state index contributed by atoms with van der Waals surface area (Å²) in [6, 6.07) is 3.14. The second-order valence-corrected chi connectivity index (χ2v) is 7.93. The van der Waals surface area contributed by atoms with Gasteiger partial charge in [-0.2, -0.15) is 0 Å². The summed E-state index contributed by atoms with van der Waals surface area (Å²) < 4.78 is 72.2. The molecule has 0 aliphatic carbocycles. The van der Waals surface area contributed by atoms with Crippen molar-refractivity contribution in [1.82, 2.24) is 0 Å². The predicted octanol–water partition coefficient (Wildman–Crippen LogP) is -3.36. The summed E-state index contributed by atoms with van der Waals surface area (Å²) in [4.78, 5) is -0.202. The topological polar surface area (TPSA) is 130 Å². The first-order valence-corrected chi connectivity index (χ1v) is 9.37. The monoisotopic (exact) mass is 335 g/mol. The summed E-state index contributed by atoms with van der Waals surface area (Å²) in [6.07, 6.45) is 1.78. The van der Waals surface area contributed by atoms with Crippen molar-refractivity contribution in [3.63, 3.8) is 0 Å². The van der Waals surface area contributed by atoms with Crippen molar-refractivity contribution in [1.29, 1.82) is 0 Å². The molecule has 0 heterocycles. The maximum absolute atomic E-state index is 11.3. The van der Waals surface area contributed by atoms with Crippen molar-refractivity contribution >= 4 is 36.9 Å². The zero-order chi connectivity index (χ0) is 14.8. The number of hydrogen-bond acceptors (Lipinski definition) is 7. The fourth-order valence-electron chi connectivity index (χ4n) is 1.16. The molecule has 0 aliphatic rings. The van der Waals surface area contributed by atoms with E-state index in [0.29, 0.717) is 0 Å². The summed E-state index contributed by atoms with van der Waals surface area (Å²) in [6.45, 7) is 0. The average molecular weight is 335 g/mol. The van der Waals surface area contributed by atoms with Gasteiger partial charge in [0.1, 0.15) is 11.4 Å². The zero-order valence-electron chi connectivity index (χ0n) is 10.8. The summed E-state index contributed by atoms with van der Waals surface area (Å²) in [5.74, 6) is -0.429. The molecule has 1 aromatic rings. The minimum Gasteiger partial charge on any atom is -0.740 e. The third-order valence-corrected chi connectivity index (χ3v) is 3.85. The fraction of sp³-hybridized carbons (Fsp3) is 0.250. The van der Waals surface area contributed by atoms with Crippen molar-refractivity contribution in [2.75, 3.05) is 17.2 Å². The molecule has 1 aromatic carbocycles. The third kappa shape index (κ3) is 6.25. The van der Waals surface area contributed by atoms with Gasteiger partial charge in [0, 0.05) is 12.3 Å². The Balaban J connectivity index is 0.00000361. The summed E-state index contributed by atoms with van der Waals surface area (Å²) in [5.41, 5.74) is -0.181. The van der Waals surface area contributed by atoms with E-state index in [1.54, 1.807) is 0 Å². The number of sulfonamides is 1. The molecule has 0 radical (unpaired) electrons. The molecule has 0 spiro atoms. The van der Waals surface area contributed by atoms with Crippen LogP contribution in [0, 0.1) is 0 Å². The normalized spacial score (nSPS) is 13.2.